The van der Waals surface area contributed by atoms with Crippen molar-refractivity contribution in [2.24, 2.45) is 0 Å². The van der Waals surface area contributed by atoms with Crippen LogP contribution in [0.3, 0.4) is 0 Å². The van der Waals surface area contributed by atoms with Crippen molar-refractivity contribution in [2.45, 2.75) is 25.6 Å². The molecule has 0 amide bonds. The van der Waals surface area contributed by atoms with Gasteiger partial charge in [0.25, 0.3) is 0 Å². The minimum absolute atomic E-state index is 0.000721. The van der Waals surface area contributed by atoms with Gasteiger partial charge in [0, 0.05) is 28.8 Å². The van der Waals surface area contributed by atoms with Crippen LogP contribution in [0.2, 0.25) is 0 Å². The third-order valence-electron chi connectivity index (χ3n) is 3.37. The van der Waals surface area contributed by atoms with Crippen molar-refractivity contribution in [3.63, 3.8) is 0 Å². The highest BCUT2D eigenvalue weighted by atomic mass is 79.9. The van der Waals surface area contributed by atoms with Crippen molar-refractivity contribution < 1.29 is 18.3 Å². The summed E-state index contributed by atoms with van der Waals surface area (Å²) >= 11 is 3.38. The van der Waals surface area contributed by atoms with Crippen LogP contribution in [-0.2, 0) is 0 Å². The molecule has 0 unspecified atom stereocenters. The van der Waals surface area contributed by atoms with Crippen LogP contribution in [0, 0.1) is 0 Å². The van der Waals surface area contributed by atoms with Crippen molar-refractivity contribution in [3.05, 3.63) is 39.9 Å². The number of halogens is 4. The summed E-state index contributed by atoms with van der Waals surface area (Å²) in [6.07, 6.45) is -3.57. The van der Waals surface area contributed by atoms with E-state index in [2.05, 4.69) is 15.9 Å². The standard InChI is InChI=1S/C14H15BrF3NO/c1-9(20)12-3-2-11(8-13(12)15)19-6-4-10(5-7-19)14(16,17)18/h2-4,8-9,20H,5-7H2,1H3/t9-/m1/s1. The van der Waals surface area contributed by atoms with E-state index in [1.807, 2.05) is 17.0 Å². The second-order valence-corrected chi connectivity index (χ2v) is 5.66. The van der Waals surface area contributed by atoms with Gasteiger partial charge in [0.15, 0.2) is 0 Å². The zero-order valence-corrected chi connectivity index (χ0v) is 12.5. The minimum Gasteiger partial charge on any atom is -0.389 e. The van der Waals surface area contributed by atoms with Crippen LogP contribution in [0.4, 0.5) is 18.9 Å². The van der Waals surface area contributed by atoms with E-state index in [0.717, 1.165) is 15.7 Å². The van der Waals surface area contributed by atoms with Gasteiger partial charge in [-0.25, -0.2) is 0 Å². The lowest BCUT2D eigenvalue weighted by molar-refractivity contribution is -0.0943. The van der Waals surface area contributed by atoms with E-state index in [9.17, 15) is 18.3 Å². The second kappa shape index (κ2) is 5.77. The molecule has 2 rings (SSSR count). The van der Waals surface area contributed by atoms with Gasteiger partial charge in [-0.2, -0.15) is 13.2 Å². The third kappa shape index (κ3) is 3.35. The van der Waals surface area contributed by atoms with Gasteiger partial charge in [-0.3, -0.25) is 0 Å². The molecule has 0 aliphatic carbocycles. The summed E-state index contributed by atoms with van der Waals surface area (Å²) in [5, 5.41) is 9.55. The van der Waals surface area contributed by atoms with E-state index >= 15 is 0 Å². The fourth-order valence-electron chi connectivity index (χ4n) is 2.21. The van der Waals surface area contributed by atoms with Crippen molar-refractivity contribution in [1.82, 2.24) is 0 Å². The summed E-state index contributed by atoms with van der Waals surface area (Å²) < 4.78 is 38.4. The number of aliphatic hydroxyl groups is 1. The van der Waals surface area contributed by atoms with Crippen molar-refractivity contribution >= 4 is 21.6 Å². The van der Waals surface area contributed by atoms with Crippen LogP contribution < -0.4 is 4.90 Å². The number of alkyl halides is 3. The van der Waals surface area contributed by atoms with Crippen molar-refractivity contribution in [1.29, 1.82) is 0 Å². The molecule has 0 bridgehead atoms. The Kier molecular flexibility index (Phi) is 4.44. The first kappa shape index (κ1) is 15.4. The van der Waals surface area contributed by atoms with Crippen LogP contribution in [0.1, 0.15) is 25.0 Å². The molecule has 20 heavy (non-hydrogen) atoms. The smallest absolute Gasteiger partial charge is 0.389 e. The molecule has 0 aromatic heterocycles. The summed E-state index contributed by atoms with van der Waals surface area (Å²) in [6, 6.07) is 5.43. The predicted octanol–water partition coefficient (Wildman–Crippen LogP) is 4.20. The van der Waals surface area contributed by atoms with E-state index in [4.69, 9.17) is 0 Å². The van der Waals surface area contributed by atoms with E-state index in [1.165, 1.54) is 6.08 Å². The Hall–Kier alpha value is -1.01. The molecular weight excluding hydrogens is 335 g/mol. The Balaban J connectivity index is 2.15. The molecule has 0 saturated heterocycles. The van der Waals surface area contributed by atoms with Crippen LogP contribution in [0.25, 0.3) is 0 Å². The van der Waals surface area contributed by atoms with Crippen LogP contribution in [-0.4, -0.2) is 24.4 Å². The number of rotatable bonds is 2. The number of benzene rings is 1. The Morgan fingerprint density at radius 2 is 2.05 bits per heavy atom. The van der Waals surface area contributed by atoms with E-state index in [0.29, 0.717) is 6.54 Å². The predicted molar refractivity (Wildman–Crippen MR) is 75.7 cm³/mol. The van der Waals surface area contributed by atoms with E-state index in [1.54, 1.807) is 13.0 Å². The van der Waals surface area contributed by atoms with Crippen molar-refractivity contribution in [3.8, 4) is 0 Å². The molecule has 1 aliphatic heterocycles. The molecule has 2 nitrogen and oxygen atoms in total. The molecule has 6 heteroatoms. The lowest BCUT2D eigenvalue weighted by Gasteiger charge is -2.29. The van der Waals surface area contributed by atoms with Crippen molar-refractivity contribution in [2.75, 3.05) is 18.0 Å². The van der Waals surface area contributed by atoms with Crippen LogP contribution in [0.15, 0.2) is 34.3 Å². The molecule has 1 heterocycles. The fraction of sp³-hybridized carbons (Fsp3) is 0.429. The summed E-state index contributed by atoms with van der Waals surface area (Å²) in [6.45, 7) is 2.25. The molecule has 1 aliphatic rings. The molecule has 1 aromatic carbocycles. The van der Waals surface area contributed by atoms with Gasteiger partial charge in [0.2, 0.25) is 0 Å². The summed E-state index contributed by atoms with van der Waals surface area (Å²) in [5.41, 5.74) is 1.16. The first-order valence-electron chi connectivity index (χ1n) is 6.27. The van der Waals surface area contributed by atoms with Crippen LogP contribution >= 0.6 is 15.9 Å². The number of hydrogen-bond donors (Lipinski definition) is 1. The maximum absolute atomic E-state index is 12.6. The highest BCUT2D eigenvalue weighted by Crippen LogP contribution is 2.33. The summed E-state index contributed by atoms with van der Waals surface area (Å²) in [4.78, 5) is 1.88. The van der Waals surface area contributed by atoms with E-state index < -0.39 is 17.9 Å². The molecule has 0 fully saturated rings. The molecule has 1 atom stereocenters. The van der Waals surface area contributed by atoms with Gasteiger partial charge in [-0.15, -0.1) is 0 Å². The average molecular weight is 350 g/mol. The lowest BCUT2D eigenvalue weighted by Crippen LogP contribution is -2.31. The maximum atomic E-state index is 12.6. The minimum atomic E-state index is -4.22. The largest absolute Gasteiger partial charge is 0.412 e. The highest BCUT2D eigenvalue weighted by Gasteiger charge is 2.34. The lowest BCUT2D eigenvalue weighted by atomic mass is 10.1. The SMILES string of the molecule is C[C@@H](O)c1ccc(N2CC=C(C(F)(F)F)CC2)cc1Br. The first-order chi connectivity index (χ1) is 9.29. The zero-order chi connectivity index (χ0) is 14.9. The zero-order valence-electron chi connectivity index (χ0n) is 10.9. The van der Waals surface area contributed by atoms with Gasteiger partial charge in [-0.05, 0) is 31.0 Å². The number of hydrogen-bond acceptors (Lipinski definition) is 2. The Morgan fingerprint density at radius 3 is 2.50 bits per heavy atom. The molecule has 1 aromatic rings. The normalized spacial score (nSPS) is 17.9. The van der Waals surface area contributed by atoms with Gasteiger partial charge in [0.1, 0.15) is 0 Å². The Morgan fingerprint density at radius 1 is 1.35 bits per heavy atom. The van der Waals surface area contributed by atoms with Gasteiger partial charge < -0.3 is 10.0 Å². The first-order valence-corrected chi connectivity index (χ1v) is 7.07. The molecular formula is C14H15BrF3NO. The summed E-state index contributed by atoms with van der Waals surface area (Å²) in [5.74, 6) is 0. The number of aliphatic hydroxyl groups excluding tert-OH is 1. The third-order valence-corrected chi connectivity index (χ3v) is 4.06. The Labute approximate surface area is 124 Å². The number of nitrogens with zero attached hydrogens (tertiary/aromatic N) is 1. The topological polar surface area (TPSA) is 23.5 Å². The monoisotopic (exact) mass is 349 g/mol. The average Bonchev–Trinajstić information content (AvgIpc) is 2.37. The van der Waals surface area contributed by atoms with Gasteiger partial charge in [-0.1, -0.05) is 28.1 Å². The summed E-state index contributed by atoms with van der Waals surface area (Å²) in [7, 11) is 0. The second-order valence-electron chi connectivity index (χ2n) is 4.80. The molecule has 0 spiro atoms. The maximum Gasteiger partial charge on any atom is 0.412 e. The molecule has 0 saturated carbocycles. The highest BCUT2D eigenvalue weighted by molar-refractivity contribution is 9.10. The van der Waals surface area contributed by atoms with E-state index in [-0.39, 0.29) is 13.0 Å². The molecule has 0 radical (unpaired) electrons. The van der Waals surface area contributed by atoms with Gasteiger partial charge >= 0.3 is 6.18 Å². The Bertz CT molecular complexity index is 526. The van der Waals surface area contributed by atoms with Gasteiger partial charge in [0.05, 0.1) is 6.10 Å². The number of anilines is 1. The van der Waals surface area contributed by atoms with Crippen LogP contribution in [0.5, 0.6) is 0 Å². The molecule has 1 N–H and O–H groups in total. The quantitative estimate of drug-likeness (QED) is 0.808. The molecule has 110 valence electrons. The fourth-order valence-corrected chi connectivity index (χ4v) is 2.91.